The molecule has 0 aliphatic carbocycles. The summed E-state index contributed by atoms with van der Waals surface area (Å²) in [5, 5.41) is 2.00. The second-order valence-corrected chi connectivity index (χ2v) is 5.40. The molecule has 1 amide bonds. The van der Waals surface area contributed by atoms with Crippen molar-refractivity contribution >= 4 is 23.3 Å². The minimum atomic E-state index is -0.943. The van der Waals surface area contributed by atoms with Gasteiger partial charge in [0.15, 0.2) is 12.4 Å². The third kappa shape index (κ3) is 3.90. The minimum absolute atomic E-state index is 0.0487. The molecule has 0 atom stereocenters. The predicted octanol–water partition coefficient (Wildman–Crippen LogP) is 2.91. The van der Waals surface area contributed by atoms with Gasteiger partial charge in [0.2, 0.25) is 0 Å². The second kappa shape index (κ2) is 7.25. The van der Waals surface area contributed by atoms with Gasteiger partial charge in [-0.1, -0.05) is 6.07 Å². The third-order valence-electron chi connectivity index (χ3n) is 3.56. The molecule has 132 valence electrons. The Morgan fingerprint density at radius 1 is 1.16 bits per heavy atom. The van der Waals surface area contributed by atoms with E-state index >= 15 is 0 Å². The standard InChI is InChI=1S/C17H16F2N2O4/c1-8-14(10(3)22)9(2)20-15(8)17(24)25-7-13(23)21-16-11(18)5-4-6-12(16)19/h4-6,20H,7H2,1-3H3,(H,21,23). The smallest absolute Gasteiger partial charge is 0.355 e. The first kappa shape index (κ1) is 18.3. The Labute approximate surface area is 142 Å². The van der Waals surface area contributed by atoms with E-state index in [2.05, 4.69) is 4.98 Å². The molecule has 1 aromatic heterocycles. The number of anilines is 1. The molecule has 1 heterocycles. The number of benzene rings is 1. The van der Waals surface area contributed by atoms with E-state index in [1.807, 2.05) is 5.32 Å². The average Bonchev–Trinajstić information content (AvgIpc) is 2.83. The fraction of sp³-hybridized carbons (Fsp3) is 0.235. The summed E-state index contributed by atoms with van der Waals surface area (Å²) in [5.74, 6) is -3.84. The zero-order valence-corrected chi connectivity index (χ0v) is 13.8. The van der Waals surface area contributed by atoms with E-state index in [9.17, 15) is 23.2 Å². The lowest BCUT2D eigenvalue weighted by Gasteiger charge is -2.08. The van der Waals surface area contributed by atoms with Crippen LogP contribution in [0.15, 0.2) is 18.2 Å². The van der Waals surface area contributed by atoms with Gasteiger partial charge in [0.05, 0.1) is 0 Å². The Morgan fingerprint density at radius 3 is 2.28 bits per heavy atom. The van der Waals surface area contributed by atoms with E-state index in [1.165, 1.54) is 6.92 Å². The molecule has 0 bridgehead atoms. The summed E-state index contributed by atoms with van der Waals surface area (Å²) in [4.78, 5) is 38.1. The summed E-state index contributed by atoms with van der Waals surface area (Å²) in [5.41, 5.74) is 0.733. The fourth-order valence-corrected chi connectivity index (χ4v) is 2.48. The molecule has 25 heavy (non-hydrogen) atoms. The fourth-order valence-electron chi connectivity index (χ4n) is 2.48. The van der Waals surface area contributed by atoms with Gasteiger partial charge in [0.1, 0.15) is 23.0 Å². The van der Waals surface area contributed by atoms with Gasteiger partial charge in [0, 0.05) is 11.3 Å². The van der Waals surface area contributed by atoms with Crippen LogP contribution in [0.3, 0.4) is 0 Å². The summed E-state index contributed by atoms with van der Waals surface area (Å²) < 4.78 is 31.7. The van der Waals surface area contributed by atoms with Gasteiger partial charge in [-0.05, 0) is 38.5 Å². The van der Waals surface area contributed by atoms with Gasteiger partial charge in [-0.25, -0.2) is 13.6 Å². The number of esters is 1. The van der Waals surface area contributed by atoms with Gasteiger partial charge < -0.3 is 15.0 Å². The Bertz CT molecular complexity index is 838. The number of carbonyl (C=O) groups excluding carboxylic acids is 3. The Morgan fingerprint density at radius 2 is 1.76 bits per heavy atom. The number of aryl methyl sites for hydroxylation is 1. The maximum absolute atomic E-state index is 13.5. The second-order valence-electron chi connectivity index (χ2n) is 5.40. The van der Waals surface area contributed by atoms with Crippen LogP contribution in [-0.4, -0.2) is 29.3 Å². The highest BCUT2D eigenvalue weighted by molar-refractivity contribution is 6.01. The topological polar surface area (TPSA) is 88.3 Å². The van der Waals surface area contributed by atoms with Crippen LogP contribution < -0.4 is 5.32 Å². The maximum atomic E-state index is 13.5. The van der Waals surface area contributed by atoms with Crippen molar-refractivity contribution in [1.82, 2.24) is 4.98 Å². The lowest BCUT2D eigenvalue weighted by Crippen LogP contribution is -2.22. The van der Waals surface area contributed by atoms with Crippen molar-refractivity contribution in [2.75, 3.05) is 11.9 Å². The van der Waals surface area contributed by atoms with Crippen molar-refractivity contribution in [3.8, 4) is 0 Å². The van der Waals surface area contributed by atoms with Crippen LogP contribution in [-0.2, 0) is 9.53 Å². The molecule has 0 aliphatic heterocycles. The number of aromatic nitrogens is 1. The van der Waals surface area contributed by atoms with Crippen molar-refractivity contribution in [1.29, 1.82) is 0 Å². The molecule has 0 saturated heterocycles. The molecule has 0 aliphatic rings. The number of nitrogens with one attached hydrogen (secondary N) is 2. The molecule has 0 unspecified atom stereocenters. The first-order valence-electron chi connectivity index (χ1n) is 7.33. The molecule has 0 spiro atoms. The van der Waals surface area contributed by atoms with Crippen molar-refractivity contribution in [3.05, 3.63) is 52.3 Å². The molecule has 1 aromatic carbocycles. The SMILES string of the molecule is CC(=O)c1c(C)[nH]c(C(=O)OCC(=O)Nc2c(F)cccc2F)c1C. The van der Waals surface area contributed by atoms with Crippen molar-refractivity contribution in [2.45, 2.75) is 20.8 Å². The number of hydrogen-bond acceptors (Lipinski definition) is 4. The molecule has 2 N–H and O–H groups in total. The van der Waals surface area contributed by atoms with Gasteiger partial charge >= 0.3 is 5.97 Å². The number of halogens is 2. The normalized spacial score (nSPS) is 10.4. The number of rotatable bonds is 5. The number of ketones is 1. The zero-order chi connectivity index (χ0) is 18.7. The van der Waals surface area contributed by atoms with Crippen LogP contribution >= 0.6 is 0 Å². The largest absolute Gasteiger partial charge is 0.451 e. The molecular weight excluding hydrogens is 334 g/mol. The van der Waals surface area contributed by atoms with E-state index in [-0.39, 0.29) is 11.5 Å². The molecule has 2 rings (SSSR count). The van der Waals surface area contributed by atoms with E-state index in [0.29, 0.717) is 16.8 Å². The van der Waals surface area contributed by atoms with Gasteiger partial charge in [-0.3, -0.25) is 9.59 Å². The first-order valence-corrected chi connectivity index (χ1v) is 7.33. The van der Waals surface area contributed by atoms with Crippen LogP contribution in [0.25, 0.3) is 0 Å². The lowest BCUT2D eigenvalue weighted by atomic mass is 10.1. The van der Waals surface area contributed by atoms with Crippen LogP contribution in [0.4, 0.5) is 14.5 Å². The molecule has 6 nitrogen and oxygen atoms in total. The third-order valence-corrected chi connectivity index (χ3v) is 3.56. The van der Waals surface area contributed by atoms with Crippen molar-refractivity contribution in [3.63, 3.8) is 0 Å². The van der Waals surface area contributed by atoms with Crippen molar-refractivity contribution in [2.24, 2.45) is 0 Å². The molecule has 0 saturated carbocycles. The number of Topliss-reactive ketones (excluding diaryl/α,β-unsaturated/α-hetero) is 1. The highest BCUT2D eigenvalue weighted by atomic mass is 19.1. The van der Waals surface area contributed by atoms with Gasteiger partial charge in [-0.2, -0.15) is 0 Å². The molecule has 0 radical (unpaired) electrons. The number of aromatic amines is 1. The number of hydrogen-bond donors (Lipinski definition) is 2. The predicted molar refractivity (Wildman–Crippen MR) is 85.5 cm³/mol. The molecule has 0 fully saturated rings. The van der Waals surface area contributed by atoms with E-state index in [1.54, 1.807) is 13.8 Å². The number of amides is 1. The molecule has 2 aromatic rings. The monoisotopic (exact) mass is 350 g/mol. The molecular formula is C17H16F2N2O4. The van der Waals surface area contributed by atoms with Gasteiger partial charge in [0.25, 0.3) is 5.91 Å². The lowest BCUT2D eigenvalue weighted by molar-refractivity contribution is -0.119. The summed E-state index contributed by atoms with van der Waals surface area (Å²) in [6.45, 7) is 3.84. The van der Waals surface area contributed by atoms with Crippen LogP contribution in [0, 0.1) is 25.5 Å². The Kier molecular flexibility index (Phi) is 5.31. The van der Waals surface area contributed by atoms with E-state index in [0.717, 1.165) is 18.2 Å². The quantitative estimate of drug-likeness (QED) is 0.641. The Hall–Kier alpha value is -3.03. The van der Waals surface area contributed by atoms with Crippen LogP contribution in [0.5, 0.6) is 0 Å². The van der Waals surface area contributed by atoms with Crippen molar-refractivity contribution < 1.29 is 27.9 Å². The van der Waals surface area contributed by atoms with E-state index < -0.39 is 35.8 Å². The Balaban J connectivity index is 2.04. The van der Waals surface area contributed by atoms with E-state index in [4.69, 9.17) is 4.74 Å². The first-order chi connectivity index (χ1) is 11.7. The highest BCUT2D eigenvalue weighted by Gasteiger charge is 2.22. The van der Waals surface area contributed by atoms with Gasteiger partial charge in [-0.15, -0.1) is 0 Å². The maximum Gasteiger partial charge on any atom is 0.355 e. The summed E-state index contributed by atoms with van der Waals surface area (Å²) >= 11 is 0. The average molecular weight is 350 g/mol. The zero-order valence-electron chi connectivity index (χ0n) is 13.8. The minimum Gasteiger partial charge on any atom is -0.451 e. The number of carbonyl (C=O) groups is 3. The number of H-pyrrole nitrogens is 1. The van der Waals surface area contributed by atoms with Crippen LogP contribution in [0.1, 0.15) is 39.0 Å². The molecule has 8 heteroatoms. The number of ether oxygens (including phenoxy) is 1. The summed E-state index contributed by atoms with van der Waals surface area (Å²) in [6, 6.07) is 3.13. The summed E-state index contributed by atoms with van der Waals surface area (Å²) in [6.07, 6.45) is 0. The number of para-hydroxylation sites is 1. The van der Waals surface area contributed by atoms with Crippen LogP contribution in [0.2, 0.25) is 0 Å². The highest BCUT2D eigenvalue weighted by Crippen LogP contribution is 2.20. The summed E-state index contributed by atoms with van der Waals surface area (Å²) in [7, 11) is 0.